The van der Waals surface area contributed by atoms with E-state index in [2.05, 4.69) is 43.9 Å². The molecule has 0 N–H and O–H groups in total. The second-order valence-electron chi connectivity index (χ2n) is 3.85. The van der Waals surface area contributed by atoms with Gasteiger partial charge in [0.2, 0.25) is 0 Å². The van der Waals surface area contributed by atoms with Crippen molar-refractivity contribution in [3.05, 3.63) is 29.3 Å². The van der Waals surface area contributed by atoms with E-state index in [9.17, 15) is 0 Å². The number of hydrogen-bond acceptors (Lipinski definition) is 1. The van der Waals surface area contributed by atoms with Gasteiger partial charge < -0.3 is 4.90 Å². The molecule has 0 aliphatic heterocycles. The molecule has 0 radical (unpaired) electrons. The summed E-state index contributed by atoms with van der Waals surface area (Å²) in [4.78, 5) is 2.39. The average molecular weight is 226 g/mol. The SMILES string of the molecule is CCCN(CC)c1ccc(C)cc1CCl. The van der Waals surface area contributed by atoms with Gasteiger partial charge in [0.1, 0.15) is 0 Å². The van der Waals surface area contributed by atoms with Crippen LogP contribution in [0.25, 0.3) is 0 Å². The Morgan fingerprint density at radius 2 is 2.00 bits per heavy atom. The van der Waals surface area contributed by atoms with E-state index < -0.39 is 0 Å². The average Bonchev–Trinajstić information content (AvgIpc) is 2.26. The zero-order chi connectivity index (χ0) is 11.3. The van der Waals surface area contributed by atoms with E-state index in [1.807, 2.05) is 0 Å². The van der Waals surface area contributed by atoms with Gasteiger partial charge >= 0.3 is 0 Å². The molecule has 15 heavy (non-hydrogen) atoms. The molecule has 0 aromatic heterocycles. The third-order valence-electron chi connectivity index (χ3n) is 2.59. The highest BCUT2D eigenvalue weighted by molar-refractivity contribution is 6.17. The van der Waals surface area contributed by atoms with E-state index in [1.165, 1.54) is 23.2 Å². The summed E-state index contributed by atoms with van der Waals surface area (Å²) < 4.78 is 0. The van der Waals surface area contributed by atoms with Gasteiger partial charge in [-0.1, -0.05) is 24.6 Å². The first-order chi connectivity index (χ1) is 7.22. The summed E-state index contributed by atoms with van der Waals surface area (Å²) in [5.74, 6) is 0.594. The quantitative estimate of drug-likeness (QED) is 0.686. The minimum atomic E-state index is 0.594. The monoisotopic (exact) mass is 225 g/mol. The minimum Gasteiger partial charge on any atom is -0.372 e. The Morgan fingerprint density at radius 3 is 2.53 bits per heavy atom. The lowest BCUT2D eigenvalue weighted by atomic mass is 10.1. The number of benzene rings is 1. The smallest absolute Gasteiger partial charge is 0.0494 e. The van der Waals surface area contributed by atoms with E-state index in [-0.39, 0.29) is 0 Å². The molecule has 0 bridgehead atoms. The van der Waals surface area contributed by atoms with Crippen LogP contribution in [0.15, 0.2) is 18.2 Å². The summed E-state index contributed by atoms with van der Waals surface area (Å²) in [5.41, 5.74) is 3.81. The Hall–Kier alpha value is -0.690. The third-order valence-corrected chi connectivity index (χ3v) is 2.88. The Kier molecular flexibility index (Phi) is 4.97. The van der Waals surface area contributed by atoms with E-state index >= 15 is 0 Å². The highest BCUT2D eigenvalue weighted by Gasteiger charge is 2.08. The van der Waals surface area contributed by atoms with Crippen molar-refractivity contribution in [1.82, 2.24) is 0 Å². The Balaban J connectivity index is 2.99. The van der Waals surface area contributed by atoms with Crippen LogP contribution in [-0.4, -0.2) is 13.1 Å². The summed E-state index contributed by atoms with van der Waals surface area (Å²) in [6.45, 7) is 8.64. The highest BCUT2D eigenvalue weighted by Crippen LogP contribution is 2.23. The maximum absolute atomic E-state index is 5.98. The lowest BCUT2D eigenvalue weighted by molar-refractivity contribution is 0.788. The lowest BCUT2D eigenvalue weighted by Gasteiger charge is -2.25. The van der Waals surface area contributed by atoms with Crippen molar-refractivity contribution >= 4 is 17.3 Å². The Morgan fingerprint density at radius 1 is 1.27 bits per heavy atom. The van der Waals surface area contributed by atoms with Crippen molar-refractivity contribution < 1.29 is 0 Å². The van der Waals surface area contributed by atoms with Crippen molar-refractivity contribution in [2.45, 2.75) is 33.1 Å². The second-order valence-corrected chi connectivity index (χ2v) is 4.11. The van der Waals surface area contributed by atoms with E-state index in [1.54, 1.807) is 0 Å². The van der Waals surface area contributed by atoms with Crippen LogP contribution < -0.4 is 4.90 Å². The molecule has 0 spiro atoms. The Labute approximate surface area is 98.0 Å². The van der Waals surface area contributed by atoms with Crippen LogP contribution >= 0.6 is 11.6 Å². The second kappa shape index (κ2) is 6.02. The third kappa shape index (κ3) is 3.13. The molecule has 0 heterocycles. The van der Waals surface area contributed by atoms with Gasteiger partial charge in [0.15, 0.2) is 0 Å². The fraction of sp³-hybridized carbons (Fsp3) is 0.538. The van der Waals surface area contributed by atoms with E-state index in [4.69, 9.17) is 11.6 Å². The number of aryl methyl sites for hydroxylation is 1. The van der Waals surface area contributed by atoms with Crippen molar-refractivity contribution in [2.75, 3.05) is 18.0 Å². The topological polar surface area (TPSA) is 3.24 Å². The number of halogens is 1. The van der Waals surface area contributed by atoms with Crippen LogP contribution in [0.2, 0.25) is 0 Å². The number of alkyl halides is 1. The van der Waals surface area contributed by atoms with Crippen LogP contribution in [0.1, 0.15) is 31.4 Å². The van der Waals surface area contributed by atoms with Crippen LogP contribution in [0.4, 0.5) is 5.69 Å². The summed E-state index contributed by atoms with van der Waals surface area (Å²) in [6.07, 6.45) is 1.17. The standard InChI is InChI=1S/C13H20ClN/c1-4-8-15(5-2)13-7-6-11(3)9-12(13)10-14/h6-7,9H,4-5,8,10H2,1-3H3. The van der Waals surface area contributed by atoms with Gasteiger partial charge in [0, 0.05) is 24.7 Å². The molecule has 0 amide bonds. The van der Waals surface area contributed by atoms with E-state index in [0.29, 0.717) is 5.88 Å². The molecule has 0 atom stereocenters. The summed E-state index contributed by atoms with van der Waals surface area (Å²) in [5, 5.41) is 0. The number of rotatable bonds is 5. The van der Waals surface area contributed by atoms with Crippen molar-refractivity contribution in [1.29, 1.82) is 0 Å². The highest BCUT2D eigenvalue weighted by atomic mass is 35.5. The van der Waals surface area contributed by atoms with Gasteiger partial charge in [-0.25, -0.2) is 0 Å². The van der Waals surface area contributed by atoms with Crippen LogP contribution in [0.5, 0.6) is 0 Å². The van der Waals surface area contributed by atoms with Crippen molar-refractivity contribution in [3.63, 3.8) is 0 Å². The molecular formula is C13H20ClN. The molecule has 0 saturated carbocycles. The molecule has 0 unspecified atom stereocenters. The largest absolute Gasteiger partial charge is 0.372 e. The fourth-order valence-corrected chi connectivity index (χ4v) is 2.06. The maximum atomic E-state index is 5.98. The van der Waals surface area contributed by atoms with Crippen LogP contribution in [-0.2, 0) is 5.88 Å². The van der Waals surface area contributed by atoms with Gasteiger partial charge in [-0.3, -0.25) is 0 Å². The number of anilines is 1. The van der Waals surface area contributed by atoms with Gasteiger partial charge in [0.25, 0.3) is 0 Å². The van der Waals surface area contributed by atoms with Gasteiger partial charge in [-0.2, -0.15) is 0 Å². The molecule has 0 saturated heterocycles. The predicted molar refractivity (Wildman–Crippen MR) is 68.9 cm³/mol. The first-order valence-electron chi connectivity index (χ1n) is 5.63. The van der Waals surface area contributed by atoms with Crippen molar-refractivity contribution in [3.8, 4) is 0 Å². The minimum absolute atomic E-state index is 0.594. The summed E-state index contributed by atoms with van der Waals surface area (Å²) >= 11 is 5.98. The van der Waals surface area contributed by atoms with Gasteiger partial charge in [-0.05, 0) is 31.9 Å². The first-order valence-corrected chi connectivity index (χ1v) is 6.16. The van der Waals surface area contributed by atoms with E-state index in [0.717, 1.165) is 13.1 Å². The summed E-state index contributed by atoms with van der Waals surface area (Å²) in [7, 11) is 0. The zero-order valence-corrected chi connectivity index (χ0v) is 10.6. The first kappa shape index (κ1) is 12.4. The fourth-order valence-electron chi connectivity index (χ4n) is 1.85. The number of hydrogen-bond donors (Lipinski definition) is 0. The molecule has 1 aromatic carbocycles. The molecule has 0 aliphatic rings. The number of nitrogens with zero attached hydrogens (tertiary/aromatic N) is 1. The molecule has 0 aliphatic carbocycles. The van der Waals surface area contributed by atoms with Gasteiger partial charge in [-0.15, -0.1) is 11.6 Å². The predicted octanol–water partition coefficient (Wildman–Crippen LogP) is 3.97. The van der Waals surface area contributed by atoms with Crippen LogP contribution in [0, 0.1) is 6.92 Å². The van der Waals surface area contributed by atoms with Gasteiger partial charge in [0.05, 0.1) is 0 Å². The molecule has 1 aromatic rings. The lowest BCUT2D eigenvalue weighted by Crippen LogP contribution is -2.24. The molecule has 0 fully saturated rings. The molecule has 84 valence electrons. The Bertz CT molecular complexity index is 309. The zero-order valence-electron chi connectivity index (χ0n) is 9.89. The normalized spacial score (nSPS) is 10.4. The molecular weight excluding hydrogens is 206 g/mol. The van der Waals surface area contributed by atoms with Crippen LogP contribution in [0.3, 0.4) is 0 Å². The molecule has 2 heteroatoms. The van der Waals surface area contributed by atoms with Crippen molar-refractivity contribution in [2.24, 2.45) is 0 Å². The summed E-state index contributed by atoms with van der Waals surface area (Å²) in [6, 6.07) is 6.52. The maximum Gasteiger partial charge on any atom is 0.0494 e. The molecule has 1 nitrogen and oxygen atoms in total. The molecule has 1 rings (SSSR count).